The van der Waals surface area contributed by atoms with E-state index in [1.54, 1.807) is 6.07 Å². The lowest BCUT2D eigenvalue weighted by atomic mass is 9.97. The zero-order chi connectivity index (χ0) is 18.8. The third-order valence-corrected chi connectivity index (χ3v) is 4.72. The second-order valence-electron chi connectivity index (χ2n) is 7.65. The number of rotatable bonds is 8. The van der Waals surface area contributed by atoms with Gasteiger partial charge in [0, 0.05) is 32.7 Å². The van der Waals surface area contributed by atoms with Gasteiger partial charge in [-0.15, -0.1) is 0 Å². The van der Waals surface area contributed by atoms with Crippen molar-refractivity contribution < 1.29 is 4.39 Å². The highest BCUT2D eigenvalue weighted by Crippen LogP contribution is 2.17. The Morgan fingerprint density at radius 3 is 2.85 bits per heavy atom. The average molecular weight is 363 g/mol. The van der Waals surface area contributed by atoms with Gasteiger partial charge in [0.25, 0.3) is 0 Å². The highest BCUT2D eigenvalue weighted by molar-refractivity contribution is 5.79. The summed E-state index contributed by atoms with van der Waals surface area (Å²) in [6, 6.07) is 6.96. The normalized spacial score (nSPS) is 19.0. The summed E-state index contributed by atoms with van der Waals surface area (Å²) in [5.41, 5.74) is 0.743. The fourth-order valence-electron chi connectivity index (χ4n) is 3.56. The second kappa shape index (κ2) is 11.2. The van der Waals surface area contributed by atoms with Crippen LogP contribution in [0.25, 0.3) is 0 Å². The molecular weight excluding hydrogens is 327 g/mol. The van der Waals surface area contributed by atoms with Crippen LogP contribution in [-0.4, -0.2) is 50.1 Å². The van der Waals surface area contributed by atoms with Gasteiger partial charge in [-0.25, -0.2) is 4.39 Å². The van der Waals surface area contributed by atoms with Crippen LogP contribution in [0.3, 0.4) is 0 Å². The number of guanidine groups is 1. The number of benzene rings is 1. The van der Waals surface area contributed by atoms with E-state index in [0.717, 1.165) is 37.1 Å². The van der Waals surface area contributed by atoms with E-state index in [-0.39, 0.29) is 5.82 Å². The first-order chi connectivity index (χ1) is 12.6. The van der Waals surface area contributed by atoms with Crippen LogP contribution in [0.5, 0.6) is 0 Å². The molecule has 26 heavy (non-hydrogen) atoms. The monoisotopic (exact) mass is 362 g/mol. The number of nitrogens with one attached hydrogen (secondary N) is 2. The van der Waals surface area contributed by atoms with Gasteiger partial charge in [-0.2, -0.15) is 0 Å². The Labute approximate surface area is 158 Å². The van der Waals surface area contributed by atoms with Gasteiger partial charge in [0.2, 0.25) is 0 Å². The summed E-state index contributed by atoms with van der Waals surface area (Å²) < 4.78 is 13.7. The molecule has 0 radical (unpaired) electrons. The summed E-state index contributed by atoms with van der Waals surface area (Å²) in [5, 5.41) is 6.64. The van der Waals surface area contributed by atoms with Gasteiger partial charge in [-0.05, 0) is 56.2 Å². The number of hydrogen-bond donors (Lipinski definition) is 2. The van der Waals surface area contributed by atoms with Crippen LogP contribution in [0.4, 0.5) is 4.39 Å². The minimum Gasteiger partial charge on any atom is -0.357 e. The summed E-state index contributed by atoms with van der Waals surface area (Å²) >= 11 is 0. The molecule has 146 valence electrons. The molecule has 0 aliphatic carbocycles. The van der Waals surface area contributed by atoms with Crippen molar-refractivity contribution in [2.45, 2.75) is 40.0 Å². The SMILES string of the molecule is CCNC(=NCC1CCCN(CC(C)C)C1)NCCc1ccccc1F. The third-order valence-electron chi connectivity index (χ3n) is 4.72. The van der Waals surface area contributed by atoms with Gasteiger partial charge in [0.15, 0.2) is 5.96 Å². The lowest BCUT2D eigenvalue weighted by Crippen LogP contribution is -2.41. The van der Waals surface area contributed by atoms with Gasteiger partial charge >= 0.3 is 0 Å². The van der Waals surface area contributed by atoms with E-state index >= 15 is 0 Å². The summed E-state index contributed by atoms with van der Waals surface area (Å²) in [7, 11) is 0. The Hall–Kier alpha value is -1.62. The molecule has 0 spiro atoms. The molecule has 0 aromatic heterocycles. The summed E-state index contributed by atoms with van der Waals surface area (Å²) in [4.78, 5) is 7.35. The zero-order valence-corrected chi connectivity index (χ0v) is 16.6. The number of likely N-dealkylation sites (tertiary alicyclic amines) is 1. The number of hydrogen-bond acceptors (Lipinski definition) is 2. The molecule has 1 aliphatic heterocycles. The highest BCUT2D eigenvalue weighted by Gasteiger charge is 2.20. The van der Waals surface area contributed by atoms with E-state index < -0.39 is 0 Å². The highest BCUT2D eigenvalue weighted by atomic mass is 19.1. The Bertz CT molecular complexity index is 559. The van der Waals surface area contributed by atoms with Crippen molar-refractivity contribution in [3.8, 4) is 0 Å². The molecule has 0 amide bonds. The molecule has 4 nitrogen and oxygen atoms in total. The number of piperidine rings is 1. The molecule has 1 aromatic carbocycles. The number of halogens is 1. The molecule has 1 aliphatic rings. The molecule has 1 heterocycles. The van der Waals surface area contributed by atoms with E-state index in [1.165, 1.54) is 32.0 Å². The van der Waals surface area contributed by atoms with Crippen molar-refractivity contribution in [3.63, 3.8) is 0 Å². The quantitative estimate of drug-likeness (QED) is 0.551. The van der Waals surface area contributed by atoms with Gasteiger partial charge in [0.1, 0.15) is 5.82 Å². The minimum absolute atomic E-state index is 0.135. The summed E-state index contributed by atoms with van der Waals surface area (Å²) in [6.45, 7) is 12.5. The van der Waals surface area contributed by atoms with E-state index in [9.17, 15) is 4.39 Å². The molecule has 1 fully saturated rings. The third kappa shape index (κ3) is 7.32. The van der Waals surface area contributed by atoms with Crippen LogP contribution >= 0.6 is 0 Å². The Balaban J connectivity index is 1.81. The van der Waals surface area contributed by atoms with Gasteiger partial charge < -0.3 is 15.5 Å². The first-order valence-electron chi connectivity index (χ1n) is 10.1. The summed E-state index contributed by atoms with van der Waals surface area (Å²) in [6.07, 6.45) is 3.18. The number of nitrogens with zero attached hydrogens (tertiary/aromatic N) is 2. The molecule has 1 unspecified atom stereocenters. The van der Waals surface area contributed by atoms with Crippen molar-refractivity contribution in [1.29, 1.82) is 0 Å². The molecule has 1 atom stereocenters. The molecule has 0 bridgehead atoms. The first kappa shape index (κ1) is 20.7. The van der Waals surface area contributed by atoms with Crippen molar-refractivity contribution in [2.24, 2.45) is 16.8 Å². The summed E-state index contributed by atoms with van der Waals surface area (Å²) in [5.74, 6) is 2.05. The molecule has 5 heteroatoms. The second-order valence-corrected chi connectivity index (χ2v) is 7.65. The number of aliphatic imine (C=N–C) groups is 1. The van der Waals surface area contributed by atoms with Gasteiger partial charge in [0.05, 0.1) is 0 Å². The van der Waals surface area contributed by atoms with Crippen LogP contribution in [-0.2, 0) is 6.42 Å². The van der Waals surface area contributed by atoms with Gasteiger partial charge in [-0.3, -0.25) is 4.99 Å². The van der Waals surface area contributed by atoms with Crippen LogP contribution in [0.2, 0.25) is 0 Å². The fraction of sp³-hybridized carbons (Fsp3) is 0.667. The van der Waals surface area contributed by atoms with Crippen molar-refractivity contribution in [2.75, 3.05) is 39.3 Å². The fourth-order valence-corrected chi connectivity index (χ4v) is 3.56. The largest absolute Gasteiger partial charge is 0.357 e. The zero-order valence-electron chi connectivity index (χ0n) is 16.6. The predicted molar refractivity (Wildman–Crippen MR) is 108 cm³/mol. The average Bonchev–Trinajstić information content (AvgIpc) is 2.61. The van der Waals surface area contributed by atoms with Crippen LogP contribution in [0, 0.1) is 17.7 Å². The maximum Gasteiger partial charge on any atom is 0.191 e. The lowest BCUT2D eigenvalue weighted by molar-refractivity contribution is 0.162. The molecular formula is C21H35FN4. The Morgan fingerprint density at radius 1 is 1.31 bits per heavy atom. The van der Waals surface area contributed by atoms with Crippen LogP contribution in [0.15, 0.2) is 29.3 Å². The molecule has 0 saturated carbocycles. The topological polar surface area (TPSA) is 39.7 Å². The van der Waals surface area contributed by atoms with Crippen LogP contribution in [0.1, 0.15) is 39.2 Å². The van der Waals surface area contributed by atoms with E-state index in [4.69, 9.17) is 4.99 Å². The molecule has 2 rings (SSSR count). The Morgan fingerprint density at radius 2 is 2.12 bits per heavy atom. The van der Waals surface area contributed by atoms with E-state index in [2.05, 4.69) is 36.3 Å². The predicted octanol–water partition coefficient (Wildman–Crippen LogP) is 3.29. The maximum atomic E-state index is 13.7. The maximum absolute atomic E-state index is 13.7. The van der Waals surface area contributed by atoms with Gasteiger partial charge in [-0.1, -0.05) is 32.0 Å². The van der Waals surface area contributed by atoms with Crippen LogP contribution < -0.4 is 10.6 Å². The molecule has 1 aromatic rings. The smallest absolute Gasteiger partial charge is 0.191 e. The Kier molecular flexibility index (Phi) is 8.89. The lowest BCUT2D eigenvalue weighted by Gasteiger charge is -2.33. The first-order valence-corrected chi connectivity index (χ1v) is 10.1. The van der Waals surface area contributed by atoms with E-state index in [1.807, 2.05) is 12.1 Å². The minimum atomic E-state index is -0.135. The van der Waals surface area contributed by atoms with E-state index in [0.29, 0.717) is 18.9 Å². The van der Waals surface area contributed by atoms with Crippen molar-refractivity contribution in [3.05, 3.63) is 35.6 Å². The molecule has 2 N–H and O–H groups in total. The standard InChI is InChI=1S/C21H35FN4/c1-4-23-21(24-12-11-19-9-5-6-10-20(19)22)25-14-18-8-7-13-26(16-18)15-17(2)3/h5-6,9-10,17-18H,4,7-8,11-16H2,1-3H3,(H2,23,24,25). The van der Waals surface area contributed by atoms with Crippen molar-refractivity contribution in [1.82, 2.24) is 15.5 Å². The van der Waals surface area contributed by atoms with Crippen molar-refractivity contribution >= 4 is 5.96 Å². The molecule has 1 saturated heterocycles.